The molecule has 2 aromatic rings. The molecule has 1 aromatic heterocycles. The van der Waals surface area contributed by atoms with E-state index in [2.05, 4.69) is 22.9 Å². The van der Waals surface area contributed by atoms with E-state index in [1.54, 1.807) is 11.3 Å². The van der Waals surface area contributed by atoms with Gasteiger partial charge in [0.2, 0.25) is 0 Å². The third-order valence-corrected chi connectivity index (χ3v) is 5.03. The topological polar surface area (TPSA) is 70.2 Å². The van der Waals surface area contributed by atoms with Crippen molar-refractivity contribution in [1.82, 2.24) is 10.6 Å². The number of carbonyl (C=O) groups is 2. The van der Waals surface area contributed by atoms with Gasteiger partial charge in [0.25, 0.3) is 5.91 Å². The van der Waals surface area contributed by atoms with Gasteiger partial charge in [0.15, 0.2) is 0 Å². The SMILES string of the molecule is CCc1sc(C(=O)NCc2ccc(NC(=O)NC(C)C)cc2)cc1C. The van der Waals surface area contributed by atoms with Crippen molar-refractivity contribution in [1.29, 1.82) is 0 Å². The lowest BCUT2D eigenvalue weighted by Crippen LogP contribution is -2.34. The van der Waals surface area contributed by atoms with Crippen LogP contribution in [0.1, 0.15) is 46.4 Å². The van der Waals surface area contributed by atoms with Crippen LogP contribution >= 0.6 is 11.3 Å². The number of nitrogens with one attached hydrogen (secondary N) is 3. The van der Waals surface area contributed by atoms with Crippen LogP contribution < -0.4 is 16.0 Å². The molecular weight excluding hydrogens is 334 g/mol. The lowest BCUT2D eigenvalue weighted by molar-refractivity contribution is 0.0955. The molecule has 2 rings (SSSR count). The molecule has 0 bridgehead atoms. The summed E-state index contributed by atoms with van der Waals surface area (Å²) in [6.07, 6.45) is 0.947. The molecule has 0 aliphatic rings. The standard InChI is InChI=1S/C19H25N3O2S/c1-5-16-13(4)10-17(25-16)18(23)20-11-14-6-8-15(9-7-14)22-19(24)21-12(2)3/h6-10,12H,5,11H2,1-4H3,(H,20,23)(H2,21,22,24). The van der Waals surface area contributed by atoms with Crippen LogP contribution in [0, 0.1) is 6.92 Å². The second kappa shape index (κ2) is 8.67. The molecule has 0 atom stereocenters. The third-order valence-electron chi connectivity index (χ3n) is 3.65. The number of hydrogen-bond donors (Lipinski definition) is 3. The van der Waals surface area contributed by atoms with Crippen molar-refractivity contribution in [3.8, 4) is 0 Å². The van der Waals surface area contributed by atoms with Crippen LogP contribution in [0.15, 0.2) is 30.3 Å². The summed E-state index contributed by atoms with van der Waals surface area (Å²) in [5.74, 6) is -0.0497. The highest BCUT2D eigenvalue weighted by Gasteiger charge is 2.11. The van der Waals surface area contributed by atoms with Crippen molar-refractivity contribution >= 4 is 29.0 Å². The molecular formula is C19H25N3O2S. The molecule has 0 radical (unpaired) electrons. The van der Waals surface area contributed by atoms with Gasteiger partial charge in [-0.2, -0.15) is 0 Å². The van der Waals surface area contributed by atoms with Crippen molar-refractivity contribution in [3.05, 3.63) is 51.2 Å². The molecule has 0 saturated heterocycles. The molecule has 25 heavy (non-hydrogen) atoms. The minimum absolute atomic E-state index is 0.0497. The molecule has 0 aliphatic carbocycles. The van der Waals surface area contributed by atoms with E-state index in [1.165, 1.54) is 10.4 Å². The van der Waals surface area contributed by atoms with Gasteiger partial charge in [0, 0.05) is 23.2 Å². The number of anilines is 1. The van der Waals surface area contributed by atoms with Gasteiger partial charge in [-0.15, -0.1) is 11.3 Å². The average molecular weight is 359 g/mol. The number of rotatable bonds is 6. The summed E-state index contributed by atoms with van der Waals surface area (Å²) in [5, 5.41) is 8.48. The van der Waals surface area contributed by atoms with Gasteiger partial charge < -0.3 is 16.0 Å². The summed E-state index contributed by atoms with van der Waals surface area (Å²) in [4.78, 5) is 25.9. The number of amides is 3. The van der Waals surface area contributed by atoms with Crippen molar-refractivity contribution in [2.75, 3.05) is 5.32 Å². The van der Waals surface area contributed by atoms with Gasteiger partial charge in [0.1, 0.15) is 0 Å². The molecule has 0 spiro atoms. The summed E-state index contributed by atoms with van der Waals surface area (Å²) in [5.41, 5.74) is 2.87. The molecule has 5 nitrogen and oxygen atoms in total. The first-order chi connectivity index (χ1) is 11.9. The molecule has 3 N–H and O–H groups in total. The Morgan fingerprint density at radius 1 is 1.16 bits per heavy atom. The second-order valence-corrected chi connectivity index (χ2v) is 7.34. The predicted molar refractivity (Wildman–Crippen MR) is 103 cm³/mol. The number of hydrogen-bond acceptors (Lipinski definition) is 3. The van der Waals surface area contributed by atoms with Crippen LogP contribution in [-0.2, 0) is 13.0 Å². The maximum atomic E-state index is 12.2. The molecule has 3 amide bonds. The maximum Gasteiger partial charge on any atom is 0.319 e. The Bertz CT molecular complexity index is 736. The highest BCUT2D eigenvalue weighted by atomic mass is 32.1. The summed E-state index contributed by atoms with van der Waals surface area (Å²) in [6.45, 7) is 8.40. The summed E-state index contributed by atoms with van der Waals surface area (Å²) in [6, 6.07) is 9.24. The summed E-state index contributed by atoms with van der Waals surface area (Å²) >= 11 is 1.55. The van der Waals surface area contributed by atoms with Crippen molar-refractivity contribution in [2.45, 2.75) is 46.7 Å². The Hall–Kier alpha value is -2.34. The van der Waals surface area contributed by atoms with E-state index in [-0.39, 0.29) is 18.0 Å². The number of benzene rings is 1. The number of aryl methyl sites for hydroxylation is 2. The van der Waals surface area contributed by atoms with Gasteiger partial charge >= 0.3 is 6.03 Å². The summed E-state index contributed by atoms with van der Waals surface area (Å²) < 4.78 is 0. The fourth-order valence-corrected chi connectivity index (χ4v) is 3.42. The number of thiophene rings is 1. The Morgan fingerprint density at radius 2 is 1.84 bits per heavy atom. The van der Waals surface area contributed by atoms with Crippen LogP contribution in [0.4, 0.5) is 10.5 Å². The quantitative estimate of drug-likeness (QED) is 0.727. The van der Waals surface area contributed by atoms with Crippen molar-refractivity contribution < 1.29 is 9.59 Å². The van der Waals surface area contributed by atoms with Gasteiger partial charge in [0.05, 0.1) is 4.88 Å². The monoisotopic (exact) mass is 359 g/mol. The van der Waals surface area contributed by atoms with E-state index < -0.39 is 0 Å². The van der Waals surface area contributed by atoms with E-state index in [4.69, 9.17) is 0 Å². The first kappa shape index (κ1) is 19.0. The van der Waals surface area contributed by atoms with Gasteiger partial charge in [-0.05, 0) is 56.5 Å². The molecule has 6 heteroatoms. The molecule has 1 heterocycles. The van der Waals surface area contributed by atoms with E-state index in [1.807, 2.05) is 51.1 Å². The fraction of sp³-hybridized carbons (Fsp3) is 0.368. The van der Waals surface area contributed by atoms with E-state index in [0.29, 0.717) is 6.54 Å². The number of carbonyl (C=O) groups excluding carboxylic acids is 2. The van der Waals surface area contributed by atoms with Crippen LogP contribution in [0.3, 0.4) is 0 Å². The minimum atomic E-state index is -0.226. The van der Waals surface area contributed by atoms with Crippen LogP contribution in [0.5, 0.6) is 0 Å². The molecule has 0 fully saturated rings. The van der Waals surface area contributed by atoms with Crippen molar-refractivity contribution in [2.24, 2.45) is 0 Å². The zero-order valence-electron chi connectivity index (χ0n) is 15.1. The summed E-state index contributed by atoms with van der Waals surface area (Å²) in [7, 11) is 0. The van der Waals surface area contributed by atoms with E-state index >= 15 is 0 Å². The first-order valence-corrected chi connectivity index (χ1v) is 9.24. The fourth-order valence-electron chi connectivity index (χ4n) is 2.39. The van der Waals surface area contributed by atoms with Gasteiger partial charge in [-0.25, -0.2) is 4.79 Å². The van der Waals surface area contributed by atoms with Gasteiger partial charge in [-0.3, -0.25) is 4.79 Å². The largest absolute Gasteiger partial charge is 0.347 e. The normalized spacial score (nSPS) is 10.6. The minimum Gasteiger partial charge on any atom is -0.347 e. The highest BCUT2D eigenvalue weighted by molar-refractivity contribution is 7.14. The Morgan fingerprint density at radius 3 is 2.40 bits per heavy atom. The first-order valence-electron chi connectivity index (χ1n) is 8.43. The predicted octanol–water partition coefficient (Wildman–Crippen LogP) is 4.08. The maximum absolute atomic E-state index is 12.2. The average Bonchev–Trinajstić information content (AvgIpc) is 2.94. The van der Waals surface area contributed by atoms with Gasteiger partial charge in [-0.1, -0.05) is 19.1 Å². The molecule has 0 aliphatic heterocycles. The zero-order chi connectivity index (χ0) is 18.4. The molecule has 0 saturated carbocycles. The number of urea groups is 1. The smallest absolute Gasteiger partial charge is 0.319 e. The van der Waals surface area contributed by atoms with Crippen LogP contribution in [-0.4, -0.2) is 18.0 Å². The Kier molecular flexibility index (Phi) is 6.58. The zero-order valence-corrected chi connectivity index (χ0v) is 15.9. The molecule has 0 unspecified atom stereocenters. The van der Waals surface area contributed by atoms with Crippen LogP contribution in [0.25, 0.3) is 0 Å². The molecule has 1 aromatic carbocycles. The lowest BCUT2D eigenvalue weighted by atomic mass is 10.2. The molecule has 134 valence electrons. The highest BCUT2D eigenvalue weighted by Crippen LogP contribution is 2.22. The van der Waals surface area contributed by atoms with Crippen molar-refractivity contribution in [3.63, 3.8) is 0 Å². The third kappa shape index (κ3) is 5.60. The van der Waals surface area contributed by atoms with E-state index in [0.717, 1.165) is 22.5 Å². The Labute approximate surface area is 152 Å². The van der Waals surface area contributed by atoms with Crippen LogP contribution in [0.2, 0.25) is 0 Å². The lowest BCUT2D eigenvalue weighted by Gasteiger charge is -2.10. The Balaban J connectivity index is 1.88. The second-order valence-electron chi connectivity index (χ2n) is 6.20. The van der Waals surface area contributed by atoms with E-state index in [9.17, 15) is 9.59 Å².